The van der Waals surface area contributed by atoms with Gasteiger partial charge in [0.15, 0.2) is 0 Å². The van der Waals surface area contributed by atoms with Crippen molar-refractivity contribution in [1.29, 1.82) is 0 Å². The molecule has 1 aliphatic rings. The minimum atomic E-state index is -3.73. The molecular formula is C14H16N2O6S. The van der Waals surface area contributed by atoms with E-state index in [4.69, 9.17) is 0 Å². The molecule has 0 aliphatic carbocycles. The van der Waals surface area contributed by atoms with Crippen LogP contribution in [0.25, 0.3) is 0 Å². The molecule has 1 saturated heterocycles. The molecule has 1 atom stereocenters. The summed E-state index contributed by atoms with van der Waals surface area (Å²) in [7, 11) is -2.54. The van der Waals surface area contributed by atoms with Crippen molar-refractivity contribution in [2.75, 3.05) is 23.7 Å². The molecule has 23 heavy (non-hydrogen) atoms. The maximum Gasteiger partial charge on any atom is 0.325 e. The Morgan fingerprint density at radius 1 is 1.39 bits per heavy atom. The summed E-state index contributed by atoms with van der Waals surface area (Å²) in [6.07, 6.45) is 0. The zero-order valence-electron chi connectivity index (χ0n) is 12.6. The number of nitrogens with one attached hydrogen (secondary N) is 1. The monoisotopic (exact) mass is 340 g/mol. The number of amides is 2. The second-order valence-corrected chi connectivity index (χ2v) is 6.95. The molecule has 1 aromatic rings. The largest absolute Gasteiger partial charge is 0.468 e. The lowest BCUT2D eigenvalue weighted by molar-refractivity contribution is -0.139. The van der Waals surface area contributed by atoms with Gasteiger partial charge in [0.25, 0.3) is 5.91 Å². The van der Waals surface area contributed by atoms with Gasteiger partial charge in [0, 0.05) is 5.56 Å². The number of nitrogens with zero attached hydrogens (tertiary/aromatic N) is 1. The van der Waals surface area contributed by atoms with Crippen molar-refractivity contribution < 1.29 is 27.5 Å². The Labute approximate surface area is 133 Å². The Hall–Kier alpha value is -2.42. The van der Waals surface area contributed by atoms with Crippen molar-refractivity contribution in [2.45, 2.75) is 6.92 Å². The van der Waals surface area contributed by atoms with E-state index in [0.717, 1.165) is 4.31 Å². The number of esters is 1. The van der Waals surface area contributed by atoms with Crippen molar-refractivity contribution >= 4 is 33.5 Å². The van der Waals surface area contributed by atoms with Crippen LogP contribution in [0.1, 0.15) is 17.3 Å². The summed E-state index contributed by atoms with van der Waals surface area (Å²) in [4.78, 5) is 35.0. The number of benzene rings is 1. The number of carbonyl (C=O) groups is 3. The lowest BCUT2D eigenvalue weighted by Gasteiger charge is -2.16. The van der Waals surface area contributed by atoms with Gasteiger partial charge in [0.05, 0.1) is 24.5 Å². The first-order chi connectivity index (χ1) is 10.8. The predicted molar refractivity (Wildman–Crippen MR) is 81.2 cm³/mol. The third-order valence-electron chi connectivity index (χ3n) is 3.32. The Kier molecular flexibility index (Phi) is 4.69. The molecule has 0 radical (unpaired) electrons. The molecule has 1 aliphatic heterocycles. The van der Waals surface area contributed by atoms with Crippen molar-refractivity contribution in [1.82, 2.24) is 5.32 Å². The van der Waals surface area contributed by atoms with Gasteiger partial charge in [-0.25, -0.2) is 12.7 Å². The number of ether oxygens (including phenoxy) is 1. The van der Waals surface area contributed by atoms with E-state index in [2.05, 4.69) is 10.1 Å². The van der Waals surface area contributed by atoms with Gasteiger partial charge in [0.2, 0.25) is 15.9 Å². The number of anilines is 1. The minimum absolute atomic E-state index is 0.102. The minimum Gasteiger partial charge on any atom is -0.468 e. The molecule has 124 valence electrons. The molecule has 1 N–H and O–H groups in total. The quantitative estimate of drug-likeness (QED) is 0.767. The van der Waals surface area contributed by atoms with Gasteiger partial charge >= 0.3 is 5.97 Å². The highest BCUT2D eigenvalue weighted by Gasteiger charge is 2.42. The maximum atomic E-state index is 12.1. The van der Waals surface area contributed by atoms with Crippen molar-refractivity contribution in [3.8, 4) is 0 Å². The van der Waals surface area contributed by atoms with Crippen LogP contribution in [0.5, 0.6) is 0 Å². The highest BCUT2D eigenvalue weighted by molar-refractivity contribution is 7.94. The number of carbonyl (C=O) groups excluding carboxylic acids is 3. The van der Waals surface area contributed by atoms with Crippen LogP contribution in [-0.2, 0) is 24.3 Å². The zero-order chi connectivity index (χ0) is 17.2. The van der Waals surface area contributed by atoms with Crippen LogP contribution in [0.3, 0.4) is 0 Å². The van der Waals surface area contributed by atoms with Crippen molar-refractivity contribution in [3.63, 3.8) is 0 Å². The highest BCUT2D eigenvalue weighted by Crippen LogP contribution is 2.28. The first kappa shape index (κ1) is 16.9. The summed E-state index contributed by atoms with van der Waals surface area (Å²) < 4.78 is 29.2. The highest BCUT2D eigenvalue weighted by atomic mass is 32.2. The van der Waals surface area contributed by atoms with Gasteiger partial charge in [-0.05, 0) is 18.2 Å². The van der Waals surface area contributed by atoms with E-state index in [1.165, 1.54) is 38.3 Å². The summed E-state index contributed by atoms with van der Waals surface area (Å²) in [5, 5.41) is 2.34. The van der Waals surface area contributed by atoms with E-state index in [1.807, 2.05) is 0 Å². The number of methoxy groups -OCH3 is 1. The summed E-state index contributed by atoms with van der Waals surface area (Å²) in [6.45, 7) is 1.23. The van der Waals surface area contributed by atoms with Gasteiger partial charge < -0.3 is 10.1 Å². The molecule has 2 rings (SSSR count). The van der Waals surface area contributed by atoms with Gasteiger partial charge in [0.1, 0.15) is 6.54 Å². The maximum absolute atomic E-state index is 12.1. The summed E-state index contributed by atoms with van der Waals surface area (Å²) in [5.41, 5.74) is 0.235. The first-order valence-corrected chi connectivity index (χ1v) is 8.39. The van der Waals surface area contributed by atoms with E-state index in [0.29, 0.717) is 0 Å². The van der Waals surface area contributed by atoms with Crippen LogP contribution in [0, 0.1) is 5.92 Å². The molecule has 1 fully saturated rings. The van der Waals surface area contributed by atoms with Gasteiger partial charge in [-0.2, -0.15) is 0 Å². The van der Waals surface area contributed by atoms with E-state index < -0.39 is 33.7 Å². The Bertz CT molecular complexity index is 758. The number of rotatable bonds is 4. The van der Waals surface area contributed by atoms with E-state index >= 15 is 0 Å². The molecule has 1 unspecified atom stereocenters. The Morgan fingerprint density at radius 3 is 2.65 bits per heavy atom. The molecule has 0 bridgehead atoms. The summed E-state index contributed by atoms with van der Waals surface area (Å²) in [6, 6.07) is 5.64. The third kappa shape index (κ3) is 3.50. The lowest BCUT2D eigenvalue weighted by atomic mass is 10.1. The van der Waals surface area contributed by atoms with Gasteiger partial charge in [-0.3, -0.25) is 14.4 Å². The molecule has 0 saturated carbocycles. The second-order valence-electron chi connectivity index (χ2n) is 5.09. The van der Waals surface area contributed by atoms with Crippen molar-refractivity contribution in [3.05, 3.63) is 29.8 Å². The fourth-order valence-corrected chi connectivity index (χ4v) is 4.00. The van der Waals surface area contributed by atoms with E-state index in [1.54, 1.807) is 0 Å². The van der Waals surface area contributed by atoms with Gasteiger partial charge in [-0.1, -0.05) is 13.0 Å². The lowest BCUT2D eigenvalue weighted by Crippen LogP contribution is -2.32. The van der Waals surface area contributed by atoms with Crippen LogP contribution in [-0.4, -0.2) is 45.6 Å². The first-order valence-electron chi connectivity index (χ1n) is 6.78. The molecular weight excluding hydrogens is 324 g/mol. The zero-order valence-corrected chi connectivity index (χ0v) is 13.4. The summed E-state index contributed by atoms with van der Waals surface area (Å²) >= 11 is 0. The average Bonchev–Trinajstić information content (AvgIpc) is 2.72. The second kappa shape index (κ2) is 6.37. The van der Waals surface area contributed by atoms with E-state index in [9.17, 15) is 22.8 Å². The van der Waals surface area contributed by atoms with Crippen LogP contribution in [0.4, 0.5) is 5.69 Å². The average molecular weight is 340 g/mol. The number of hydrogen-bond donors (Lipinski definition) is 1. The molecule has 2 amide bonds. The van der Waals surface area contributed by atoms with Crippen LogP contribution < -0.4 is 9.62 Å². The molecule has 9 heteroatoms. The molecule has 0 aromatic heterocycles. The topological polar surface area (TPSA) is 110 Å². The predicted octanol–water partition coefficient (Wildman–Crippen LogP) is -0.0981. The SMILES string of the molecule is COC(=O)CNC(=O)c1cccc(N2C(=O)C(C)CS2(=O)=O)c1. The third-order valence-corrected chi connectivity index (χ3v) is 5.19. The Balaban J connectivity index is 2.25. The van der Waals surface area contributed by atoms with Crippen molar-refractivity contribution in [2.24, 2.45) is 5.92 Å². The molecule has 8 nitrogen and oxygen atoms in total. The Morgan fingerprint density at radius 2 is 2.09 bits per heavy atom. The number of sulfonamides is 1. The number of hydrogen-bond acceptors (Lipinski definition) is 6. The standard InChI is InChI=1S/C14H16N2O6S/c1-9-8-23(20,21)16(14(9)19)11-5-3-4-10(6-11)13(18)15-7-12(17)22-2/h3-6,9H,7-8H2,1-2H3,(H,15,18). The van der Waals surface area contributed by atoms with Gasteiger partial charge in [-0.15, -0.1) is 0 Å². The van der Waals surface area contributed by atoms with Crippen LogP contribution in [0.15, 0.2) is 24.3 Å². The smallest absolute Gasteiger partial charge is 0.325 e. The summed E-state index contributed by atoms with van der Waals surface area (Å²) in [5.74, 6) is -2.60. The van der Waals surface area contributed by atoms with Crippen LogP contribution in [0.2, 0.25) is 0 Å². The normalized spacial score (nSPS) is 19.5. The fraction of sp³-hybridized carbons (Fsp3) is 0.357. The molecule has 1 aromatic carbocycles. The molecule has 0 spiro atoms. The molecule has 1 heterocycles. The van der Waals surface area contributed by atoms with Crippen LogP contribution >= 0.6 is 0 Å². The fourth-order valence-electron chi connectivity index (χ4n) is 2.19. The van der Waals surface area contributed by atoms with E-state index in [-0.39, 0.29) is 23.5 Å².